The lowest BCUT2D eigenvalue weighted by Crippen LogP contribution is -2.54. The van der Waals surface area contributed by atoms with Crippen molar-refractivity contribution in [2.75, 3.05) is 26.2 Å². The van der Waals surface area contributed by atoms with Crippen molar-refractivity contribution in [3.05, 3.63) is 0 Å². The number of likely N-dealkylation sites (tertiary alicyclic amines) is 1. The van der Waals surface area contributed by atoms with E-state index in [0.29, 0.717) is 0 Å². The van der Waals surface area contributed by atoms with Crippen LogP contribution < -0.4 is 10.6 Å². The maximum Gasteiger partial charge on any atom is 0.0198 e. The molecule has 0 aromatic heterocycles. The van der Waals surface area contributed by atoms with Crippen LogP contribution >= 0.6 is 0 Å². The molecular weight excluding hydrogens is 246 g/mol. The summed E-state index contributed by atoms with van der Waals surface area (Å²) in [4.78, 5) is 2.62. The van der Waals surface area contributed by atoms with Crippen molar-refractivity contribution in [3.63, 3.8) is 0 Å². The molecule has 0 bridgehead atoms. The van der Waals surface area contributed by atoms with Crippen LogP contribution in [0.3, 0.4) is 0 Å². The lowest BCUT2D eigenvalue weighted by atomic mass is 9.78. The average molecular weight is 279 g/mol. The van der Waals surface area contributed by atoms with Crippen LogP contribution in [0.1, 0.15) is 58.3 Å². The normalized spacial score (nSPS) is 40.0. The van der Waals surface area contributed by atoms with Gasteiger partial charge >= 0.3 is 0 Å². The lowest BCUT2D eigenvalue weighted by molar-refractivity contribution is 0.150. The quantitative estimate of drug-likeness (QED) is 0.827. The minimum absolute atomic E-state index is 0.746. The largest absolute Gasteiger partial charge is 0.314 e. The summed E-state index contributed by atoms with van der Waals surface area (Å²) in [6.45, 7) is 7.36. The summed E-state index contributed by atoms with van der Waals surface area (Å²) in [6.07, 6.45) is 11.3. The van der Waals surface area contributed by atoms with Crippen LogP contribution in [0.15, 0.2) is 0 Å². The molecule has 1 saturated carbocycles. The van der Waals surface area contributed by atoms with Crippen LogP contribution in [0.2, 0.25) is 0 Å². The first-order valence-corrected chi connectivity index (χ1v) is 9.08. The van der Waals surface area contributed by atoms with E-state index in [1.54, 1.807) is 0 Å². The van der Waals surface area contributed by atoms with Gasteiger partial charge in [0.15, 0.2) is 0 Å². The molecule has 0 amide bonds. The molecule has 2 heterocycles. The number of rotatable bonds is 4. The summed E-state index contributed by atoms with van der Waals surface area (Å²) in [5, 5.41) is 7.83. The highest BCUT2D eigenvalue weighted by Crippen LogP contribution is 2.31. The van der Waals surface area contributed by atoms with E-state index in [0.717, 1.165) is 24.0 Å². The van der Waals surface area contributed by atoms with E-state index >= 15 is 0 Å². The molecule has 0 spiro atoms. The number of piperidine rings is 1. The predicted molar refractivity (Wildman–Crippen MR) is 85.0 cm³/mol. The van der Waals surface area contributed by atoms with Gasteiger partial charge in [0.25, 0.3) is 0 Å². The molecule has 0 radical (unpaired) electrons. The maximum atomic E-state index is 4.07. The Kier molecular flexibility index (Phi) is 5.36. The Hall–Kier alpha value is -0.120. The van der Waals surface area contributed by atoms with Gasteiger partial charge in [-0.05, 0) is 64.1 Å². The van der Waals surface area contributed by atoms with Crippen LogP contribution in [0.5, 0.6) is 0 Å². The van der Waals surface area contributed by atoms with Gasteiger partial charge < -0.3 is 15.5 Å². The fourth-order valence-corrected chi connectivity index (χ4v) is 4.71. The molecular formula is C17H33N3. The first-order valence-electron chi connectivity index (χ1n) is 9.08. The van der Waals surface area contributed by atoms with Crippen molar-refractivity contribution >= 4 is 0 Å². The molecule has 1 aliphatic carbocycles. The Balaban J connectivity index is 1.55. The molecule has 2 N–H and O–H groups in total. The van der Waals surface area contributed by atoms with E-state index in [1.807, 2.05) is 0 Å². The van der Waals surface area contributed by atoms with Crippen LogP contribution in [0.25, 0.3) is 0 Å². The highest BCUT2D eigenvalue weighted by molar-refractivity contribution is 4.93. The van der Waals surface area contributed by atoms with Crippen LogP contribution in [-0.4, -0.2) is 49.2 Å². The van der Waals surface area contributed by atoms with Crippen LogP contribution in [0.4, 0.5) is 0 Å². The minimum atomic E-state index is 0.746. The van der Waals surface area contributed by atoms with Gasteiger partial charge in [-0.1, -0.05) is 19.8 Å². The van der Waals surface area contributed by atoms with Crippen molar-refractivity contribution in [1.29, 1.82) is 0 Å². The molecule has 2 aliphatic heterocycles. The first-order chi connectivity index (χ1) is 9.86. The molecule has 0 aromatic carbocycles. The average Bonchev–Trinajstić information content (AvgIpc) is 3.02. The Bertz CT molecular complexity index is 288. The molecule has 3 rings (SSSR count). The zero-order valence-corrected chi connectivity index (χ0v) is 13.2. The van der Waals surface area contributed by atoms with Gasteiger partial charge in [0.05, 0.1) is 0 Å². The van der Waals surface area contributed by atoms with Gasteiger partial charge in [0, 0.05) is 24.7 Å². The third kappa shape index (κ3) is 3.55. The van der Waals surface area contributed by atoms with Gasteiger partial charge in [-0.2, -0.15) is 0 Å². The second kappa shape index (κ2) is 7.24. The third-order valence-corrected chi connectivity index (χ3v) is 5.84. The highest BCUT2D eigenvalue weighted by atomic mass is 15.2. The minimum Gasteiger partial charge on any atom is -0.314 e. The molecule has 3 fully saturated rings. The smallest absolute Gasteiger partial charge is 0.0198 e. The summed E-state index contributed by atoms with van der Waals surface area (Å²) < 4.78 is 0. The Morgan fingerprint density at radius 3 is 2.75 bits per heavy atom. The van der Waals surface area contributed by atoms with E-state index in [4.69, 9.17) is 0 Å². The van der Waals surface area contributed by atoms with E-state index < -0.39 is 0 Å². The Morgan fingerprint density at radius 1 is 1.05 bits per heavy atom. The fraction of sp³-hybridized carbons (Fsp3) is 1.00. The van der Waals surface area contributed by atoms with E-state index in [1.165, 1.54) is 77.5 Å². The van der Waals surface area contributed by atoms with E-state index in [9.17, 15) is 0 Å². The van der Waals surface area contributed by atoms with Crippen molar-refractivity contribution in [3.8, 4) is 0 Å². The molecule has 3 aliphatic rings. The van der Waals surface area contributed by atoms with Crippen molar-refractivity contribution in [2.24, 2.45) is 5.92 Å². The van der Waals surface area contributed by atoms with Gasteiger partial charge in [0.1, 0.15) is 0 Å². The number of hydrogen-bond acceptors (Lipinski definition) is 3. The van der Waals surface area contributed by atoms with Gasteiger partial charge in [-0.25, -0.2) is 0 Å². The molecule has 4 atom stereocenters. The number of hydrogen-bond donors (Lipinski definition) is 2. The predicted octanol–water partition coefficient (Wildman–Crippen LogP) is 2.37. The number of nitrogens with zero attached hydrogens (tertiary/aromatic N) is 1. The van der Waals surface area contributed by atoms with Crippen LogP contribution in [0, 0.1) is 5.92 Å². The Labute approximate surface area is 124 Å². The zero-order valence-electron chi connectivity index (χ0n) is 13.2. The maximum absolute atomic E-state index is 4.07. The Morgan fingerprint density at radius 2 is 1.95 bits per heavy atom. The topological polar surface area (TPSA) is 27.3 Å². The van der Waals surface area contributed by atoms with Gasteiger partial charge in [0.2, 0.25) is 0 Å². The van der Waals surface area contributed by atoms with Gasteiger partial charge in [-0.3, -0.25) is 0 Å². The molecule has 2 saturated heterocycles. The first kappa shape index (κ1) is 14.8. The molecule has 116 valence electrons. The summed E-state index contributed by atoms with van der Waals surface area (Å²) in [5.41, 5.74) is 0. The summed E-state index contributed by atoms with van der Waals surface area (Å²) in [6, 6.07) is 2.33. The lowest BCUT2D eigenvalue weighted by Gasteiger charge is -2.41. The summed E-state index contributed by atoms with van der Waals surface area (Å²) >= 11 is 0. The van der Waals surface area contributed by atoms with Crippen molar-refractivity contribution < 1.29 is 0 Å². The molecule has 4 unspecified atom stereocenters. The summed E-state index contributed by atoms with van der Waals surface area (Å²) in [5.74, 6) is 0.892. The number of nitrogens with one attached hydrogen (secondary N) is 2. The molecule has 20 heavy (non-hydrogen) atoms. The third-order valence-electron chi connectivity index (χ3n) is 5.84. The SMILES string of the molecule is CCN1CCCC(NC2CCCCC2C2CCCN2)C1. The standard InChI is InChI=1S/C17H33N3/c1-2-20-12-6-7-14(13-20)19-17-9-4-3-8-15(17)16-10-5-11-18-16/h14-19H,2-13H2,1H3. The van der Waals surface area contributed by atoms with Crippen molar-refractivity contribution in [2.45, 2.75) is 76.4 Å². The fourth-order valence-electron chi connectivity index (χ4n) is 4.71. The number of likely N-dealkylation sites (N-methyl/N-ethyl adjacent to an activating group) is 1. The van der Waals surface area contributed by atoms with Crippen molar-refractivity contribution in [1.82, 2.24) is 15.5 Å². The molecule has 3 heteroatoms. The summed E-state index contributed by atoms with van der Waals surface area (Å²) in [7, 11) is 0. The molecule has 3 nitrogen and oxygen atoms in total. The molecule has 0 aromatic rings. The zero-order chi connectivity index (χ0) is 13.8. The monoisotopic (exact) mass is 279 g/mol. The second-order valence-corrected chi connectivity index (χ2v) is 7.16. The second-order valence-electron chi connectivity index (χ2n) is 7.16. The van der Waals surface area contributed by atoms with Crippen LogP contribution in [-0.2, 0) is 0 Å². The van der Waals surface area contributed by atoms with E-state index in [2.05, 4.69) is 22.5 Å². The highest BCUT2D eigenvalue weighted by Gasteiger charge is 2.34. The van der Waals surface area contributed by atoms with E-state index in [-0.39, 0.29) is 0 Å². The van der Waals surface area contributed by atoms with Gasteiger partial charge in [-0.15, -0.1) is 0 Å².